The van der Waals surface area contributed by atoms with Gasteiger partial charge in [0, 0.05) is 16.8 Å². The van der Waals surface area contributed by atoms with Gasteiger partial charge in [-0.1, -0.05) is 59.6 Å². The van der Waals surface area contributed by atoms with Gasteiger partial charge in [0.05, 0.1) is 11.3 Å². The summed E-state index contributed by atoms with van der Waals surface area (Å²) in [4.78, 5) is 19.0. The van der Waals surface area contributed by atoms with E-state index in [2.05, 4.69) is 20.8 Å². The number of halogens is 3. The smallest absolute Gasteiger partial charge is 0.289 e. The second-order valence-electron chi connectivity index (χ2n) is 11.1. The van der Waals surface area contributed by atoms with Crippen molar-refractivity contribution in [2.45, 2.75) is 97.1 Å². The summed E-state index contributed by atoms with van der Waals surface area (Å²) in [5, 5.41) is 0. The van der Waals surface area contributed by atoms with Crippen LogP contribution in [0.3, 0.4) is 0 Å². The third-order valence-electron chi connectivity index (χ3n) is 7.39. The molecule has 1 aromatic carbocycles. The standard InChI is InChI=1S/C28H34F3NO/c1-16(2)25-24(26(33)19-10-12-20(13-11-19)28(29,30)31)23(18-8-6-7-9-18)22-17(3)14-27(4,5)15-21(22)32-25/h10-13,16-18H,6-9,14-15H2,1-5H3. The van der Waals surface area contributed by atoms with Gasteiger partial charge in [0.2, 0.25) is 0 Å². The van der Waals surface area contributed by atoms with E-state index in [1.54, 1.807) is 0 Å². The molecule has 2 aromatic rings. The molecule has 0 saturated heterocycles. The number of rotatable bonds is 4. The van der Waals surface area contributed by atoms with Crippen LogP contribution in [0.15, 0.2) is 24.3 Å². The summed E-state index contributed by atoms with van der Waals surface area (Å²) < 4.78 is 39.2. The molecule has 2 aliphatic rings. The number of alkyl halides is 3. The minimum absolute atomic E-state index is 0.0456. The molecule has 1 heterocycles. The van der Waals surface area contributed by atoms with Crippen molar-refractivity contribution >= 4 is 5.78 Å². The molecule has 0 N–H and O–H groups in total. The molecular weight excluding hydrogens is 423 g/mol. The van der Waals surface area contributed by atoms with E-state index in [-0.39, 0.29) is 17.1 Å². The van der Waals surface area contributed by atoms with Gasteiger partial charge in [0.25, 0.3) is 0 Å². The van der Waals surface area contributed by atoms with Crippen LogP contribution < -0.4 is 0 Å². The molecule has 0 spiro atoms. The van der Waals surface area contributed by atoms with Crippen LogP contribution in [0.4, 0.5) is 13.2 Å². The van der Waals surface area contributed by atoms with E-state index >= 15 is 0 Å². The number of hydrogen-bond donors (Lipinski definition) is 0. The Morgan fingerprint density at radius 2 is 1.67 bits per heavy atom. The summed E-state index contributed by atoms with van der Waals surface area (Å²) >= 11 is 0. The van der Waals surface area contributed by atoms with Crippen LogP contribution in [0.2, 0.25) is 0 Å². The van der Waals surface area contributed by atoms with Crippen LogP contribution >= 0.6 is 0 Å². The molecular formula is C28H34F3NO. The molecule has 1 aromatic heterocycles. The van der Waals surface area contributed by atoms with Gasteiger partial charge in [-0.2, -0.15) is 13.2 Å². The summed E-state index contributed by atoms with van der Waals surface area (Å²) in [7, 11) is 0. The van der Waals surface area contributed by atoms with Crippen molar-refractivity contribution in [3.05, 3.63) is 63.5 Å². The number of benzene rings is 1. The van der Waals surface area contributed by atoms with Crippen LogP contribution in [-0.2, 0) is 12.6 Å². The summed E-state index contributed by atoms with van der Waals surface area (Å²) in [5.41, 5.74) is 4.67. The molecule has 4 rings (SSSR count). The average Bonchev–Trinajstić information content (AvgIpc) is 3.25. The Hall–Kier alpha value is -2.17. The minimum Gasteiger partial charge on any atom is -0.289 e. The van der Waals surface area contributed by atoms with E-state index in [1.165, 1.54) is 17.7 Å². The van der Waals surface area contributed by atoms with E-state index in [0.29, 0.717) is 23.0 Å². The zero-order valence-corrected chi connectivity index (χ0v) is 20.3. The zero-order valence-electron chi connectivity index (χ0n) is 20.3. The first-order valence-corrected chi connectivity index (χ1v) is 12.2. The maximum absolute atomic E-state index is 13.9. The van der Waals surface area contributed by atoms with E-state index in [1.807, 2.05) is 13.8 Å². The Bertz CT molecular complexity index is 1040. The highest BCUT2D eigenvalue weighted by atomic mass is 19.4. The van der Waals surface area contributed by atoms with Crippen molar-refractivity contribution in [1.29, 1.82) is 0 Å². The Morgan fingerprint density at radius 3 is 2.21 bits per heavy atom. The normalized spacial score (nSPS) is 20.8. The third-order valence-corrected chi connectivity index (χ3v) is 7.39. The van der Waals surface area contributed by atoms with E-state index in [9.17, 15) is 18.0 Å². The predicted octanol–water partition coefficient (Wildman–Crippen LogP) is 8.19. The van der Waals surface area contributed by atoms with Gasteiger partial charge < -0.3 is 0 Å². The summed E-state index contributed by atoms with van der Waals surface area (Å²) in [5.74, 6) is 0.467. The molecule has 0 bridgehead atoms. The fraction of sp³-hybridized carbons (Fsp3) is 0.571. The number of nitrogens with zero attached hydrogens (tertiary/aromatic N) is 1. The Kier molecular flexibility index (Phi) is 6.22. The van der Waals surface area contributed by atoms with Gasteiger partial charge in [-0.15, -0.1) is 0 Å². The van der Waals surface area contributed by atoms with Crippen LogP contribution in [0, 0.1) is 5.41 Å². The molecule has 178 valence electrons. The average molecular weight is 458 g/mol. The molecule has 0 amide bonds. The zero-order chi connectivity index (χ0) is 24.1. The lowest BCUT2D eigenvalue weighted by atomic mass is 9.67. The first-order valence-electron chi connectivity index (χ1n) is 12.2. The first-order chi connectivity index (χ1) is 15.4. The fourth-order valence-corrected chi connectivity index (χ4v) is 6.08. The Morgan fingerprint density at radius 1 is 1.06 bits per heavy atom. The molecule has 1 saturated carbocycles. The lowest BCUT2D eigenvalue weighted by molar-refractivity contribution is -0.137. The summed E-state index contributed by atoms with van der Waals surface area (Å²) in [6, 6.07) is 4.66. The molecule has 0 aliphatic heterocycles. The number of carbonyl (C=O) groups is 1. The second kappa shape index (κ2) is 8.56. The van der Waals surface area contributed by atoms with Crippen molar-refractivity contribution in [2.75, 3.05) is 0 Å². The Labute approximate surface area is 195 Å². The van der Waals surface area contributed by atoms with E-state index < -0.39 is 11.7 Å². The molecule has 1 atom stereocenters. The predicted molar refractivity (Wildman–Crippen MR) is 125 cm³/mol. The van der Waals surface area contributed by atoms with Gasteiger partial charge in [-0.3, -0.25) is 9.78 Å². The minimum atomic E-state index is -4.42. The molecule has 2 nitrogen and oxygen atoms in total. The first kappa shape index (κ1) is 24.0. The highest BCUT2D eigenvalue weighted by Crippen LogP contribution is 2.49. The SMILES string of the molecule is CC(C)c1nc2c(c(C3CCCC3)c1C(=O)c1ccc(C(F)(F)F)cc1)C(C)CC(C)(C)C2. The topological polar surface area (TPSA) is 30.0 Å². The van der Waals surface area contributed by atoms with Crippen molar-refractivity contribution in [3.8, 4) is 0 Å². The van der Waals surface area contributed by atoms with Crippen LogP contribution in [0.1, 0.15) is 128 Å². The summed E-state index contributed by atoms with van der Waals surface area (Å²) in [6.45, 7) is 10.9. The number of carbonyl (C=O) groups excluding carboxylic acids is 1. The van der Waals surface area contributed by atoms with E-state index in [0.717, 1.165) is 67.6 Å². The maximum Gasteiger partial charge on any atom is 0.416 e. The lowest BCUT2D eigenvalue weighted by Gasteiger charge is -2.38. The molecule has 33 heavy (non-hydrogen) atoms. The number of fused-ring (bicyclic) bond motifs is 1. The molecule has 1 fully saturated rings. The molecule has 0 radical (unpaired) electrons. The quantitative estimate of drug-likeness (QED) is 0.433. The second-order valence-corrected chi connectivity index (χ2v) is 11.1. The molecule has 5 heteroatoms. The van der Waals surface area contributed by atoms with Crippen LogP contribution in [0.25, 0.3) is 0 Å². The highest BCUT2D eigenvalue weighted by molar-refractivity contribution is 6.11. The molecule has 2 aliphatic carbocycles. The third kappa shape index (κ3) is 4.61. The fourth-order valence-electron chi connectivity index (χ4n) is 6.08. The highest BCUT2D eigenvalue weighted by Gasteiger charge is 2.39. The van der Waals surface area contributed by atoms with Crippen LogP contribution in [0.5, 0.6) is 0 Å². The van der Waals surface area contributed by atoms with Gasteiger partial charge in [-0.05, 0) is 72.1 Å². The lowest BCUT2D eigenvalue weighted by Crippen LogP contribution is -2.29. The van der Waals surface area contributed by atoms with Crippen molar-refractivity contribution < 1.29 is 18.0 Å². The van der Waals surface area contributed by atoms with Gasteiger partial charge in [-0.25, -0.2) is 0 Å². The van der Waals surface area contributed by atoms with Crippen LogP contribution in [-0.4, -0.2) is 10.8 Å². The number of aromatic nitrogens is 1. The van der Waals surface area contributed by atoms with Crippen molar-refractivity contribution in [3.63, 3.8) is 0 Å². The van der Waals surface area contributed by atoms with Gasteiger partial charge in [0.15, 0.2) is 5.78 Å². The number of pyridine rings is 1. The largest absolute Gasteiger partial charge is 0.416 e. The van der Waals surface area contributed by atoms with Gasteiger partial charge in [0.1, 0.15) is 0 Å². The maximum atomic E-state index is 13.9. The monoisotopic (exact) mass is 457 g/mol. The van der Waals surface area contributed by atoms with Gasteiger partial charge >= 0.3 is 6.18 Å². The van der Waals surface area contributed by atoms with Crippen molar-refractivity contribution in [2.24, 2.45) is 5.41 Å². The summed E-state index contributed by atoms with van der Waals surface area (Å²) in [6.07, 6.45) is 1.90. The van der Waals surface area contributed by atoms with Crippen molar-refractivity contribution in [1.82, 2.24) is 4.98 Å². The Balaban J connectivity index is 1.93. The number of hydrogen-bond acceptors (Lipinski definition) is 2. The molecule has 1 unspecified atom stereocenters. The van der Waals surface area contributed by atoms with E-state index in [4.69, 9.17) is 4.98 Å². The number of ketones is 1.